The summed E-state index contributed by atoms with van der Waals surface area (Å²) < 4.78 is 2.04. The van der Waals surface area contributed by atoms with Crippen molar-refractivity contribution in [2.75, 3.05) is 11.1 Å². The second-order valence-electron chi connectivity index (χ2n) is 7.46. The van der Waals surface area contributed by atoms with Crippen molar-refractivity contribution in [2.45, 2.75) is 43.2 Å². The van der Waals surface area contributed by atoms with Gasteiger partial charge in [0.2, 0.25) is 5.91 Å². The summed E-state index contributed by atoms with van der Waals surface area (Å²) in [6.45, 7) is 0. The van der Waals surface area contributed by atoms with E-state index in [-0.39, 0.29) is 23.0 Å². The Balaban J connectivity index is 1.53. The summed E-state index contributed by atoms with van der Waals surface area (Å²) in [5, 5.41) is 23.3. The van der Waals surface area contributed by atoms with Crippen molar-refractivity contribution < 1.29 is 9.72 Å². The van der Waals surface area contributed by atoms with Crippen LogP contribution in [-0.2, 0) is 4.79 Å². The van der Waals surface area contributed by atoms with Gasteiger partial charge in [-0.05, 0) is 31.0 Å². The molecule has 4 rings (SSSR count). The van der Waals surface area contributed by atoms with Crippen LogP contribution >= 0.6 is 11.8 Å². The summed E-state index contributed by atoms with van der Waals surface area (Å²) in [5.74, 6) is 1.03. The van der Waals surface area contributed by atoms with Gasteiger partial charge in [0.15, 0.2) is 5.16 Å². The third-order valence-corrected chi connectivity index (χ3v) is 6.28. The molecule has 8 nitrogen and oxygen atoms in total. The maximum Gasteiger partial charge on any atom is 0.292 e. The van der Waals surface area contributed by atoms with E-state index in [9.17, 15) is 14.9 Å². The molecular formula is C22H23N5O3S. The van der Waals surface area contributed by atoms with Gasteiger partial charge in [0.1, 0.15) is 11.5 Å². The second kappa shape index (κ2) is 9.74. The number of hydrogen-bond donors (Lipinski definition) is 1. The molecule has 0 bridgehead atoms. The fourth-order valence-corrected chi connectivity index (χ4v) is 4.63. The first-order valence-corrected chi connectivity index (χ1v) is 11.3. The molecule has 31 heavy (non-hydrogen) atoms. The minimum Gasteiger partial charge on any atom is -0.320 e. The minimum absolute atomic E-state index is 0.0711. The Bertz CT molecular complexity index is 1060. The highest BCUT2D eigenvalue weighted by molar-refractivity contribution is 7.99. The Kier molecular flexibility index (Phi) is 6.61. The summed E-state index contributed by atoms with van der Waals surface area (Å²) in [6.07, 6.45) is 5.81. The van der Waals surface area contributed by atoms with Crippen LogP contribution in [-0.4, -0.2) is 31.3 Å². The molecular weight excluding hydrogens is 414 g/mol. The van der Waals surface area contributed by atoms with Gasteiger partial charge in [-0.3, -0.25) is 19.5 Å². The Morgan fingerprint density at radius 3 is 2.52 bits per heavy atom. The van der Waals surface area contributed by atoms with E-state index in [1.807, 2.05) is 34.9 Å². The monoisotopic (exact) mass is 437 g/mol. The number of nitro benzene ring substituents is 1. The summed E-state index contributed by atoms with van der Waals surface area (Å²) in [5.41, 5.74) is 1.02. The molecule has 0 radical (unpaired) electrons. The third-order valence-electron chi connectivity index (χ3n) is 5.35. The van der Waals surface area contributed by atoms with Gasteiger partial charge in [-0.15, -0.1) is 10.2 Å². The maximum atomic E-state index is 12.5. The zero-order chi connectivity index (χ0) is 21.6. The van der Waals surface area contributed by atoms with Crippen LogP contribution in [0.4, 0.5) is 11.4 Å². The van der Waals surface area contributed by atoms with E-state index in [4.69, 9.17) is 0 Å². The first-order chi connectivity index (χ1) is 15.1. The predicted molar refractivity (Wildman–Crippen MR) is 120 cm³/mol. The lowest BCUT2D eigenvalue weighted by Gasteiger charge is -2.22. The number of nitrogens with one attached hydrogen (secondary N) is 1. The smallest absolute Gasteiger partial charge is 0.292 e. The molecule has 1 aliphatic carbocycles. The third kappa shape index (κ3) is 4.93. The molecule has 1 heterocycles. The van der Waals surface area contributed by atoms with Gasteiger partial charge >= 0.3 is 0 Å². The number of carbonyl (C=O) groups excluding carboxylic acids is 1. The molecule has 3 aromatic rings. The van der Waals surface area contributed by atoms with Crippen LogP contribution in [0.15, 0.2) is 59.8 Å². The molecule has 0 aliphatic heterocycles. The standard InChI is InChI=1S/C22H23N5O3S/c28-20(23-18-13-7-8-14-19(18)27(29)30)15-31-22-25-24-21(16-9-3-1-4-10-16)26(22)17-11-5-2-6-12-17/h2,5-8,11-14,16H,1,3-4,9-10,15H2,(H,23,28). The van der Waals surface area contributed by atoms with Crippen molar-refractivity contribution in [3.05, 3.63) is 70.5 Å². The first kappa shape index (κ1) is 21.0. The van der Waals surface area contributed by atoms with Crippen LogP contribution < -0.4 is 5.32 Å². The molecule has 1 aliphatic rings. The summed E-state index contributed by atoms with van der Waals surface area (Å²) in [6, 6.07) is 16.0. The van der Waals surface area contributed by atoms with Gasteiger partial charge in [-0.2, -0.15) is 0 Å². The minimum atomic E-state index is -0.509. The molecule has 1 saturated carbocycles. The fraction of sp³-hybridized carbons (Fsp3) is 0.318. The van der Waals surface area contributed by atoms with Crippen molar-refractivity contribution in [3.63, 3.8) is 0 Å². The van der Waals surface area contributed by atoms with E-state index >= 15 is 0 Å². The van der Waals surface area contributed by atoms with E-state index in [0.717, 1.165) is 24.4 Å². The predicted octanol–water partition coefficient (Wildman–Crippen LogP) is 4.95. The number of nitro groups is 1. The lowest BCUT2D eigenvalue weighted by atomic mass is 9.88. The van der Waals surface area contributed by atoms with Gasteiger partial charge in [-0.1, -0.05) is 61.4 Å². The van der Waals surface area contributed by atoms with E-state index in [1.165, 1.54) is 43.2 Å². The van der Waals surface area contributed by atoms with Gasteiger partial charge in [-0.25, -0.2) is 0 Å². The van der Waals surface area contributed by atoms with Crippen LogP contribution in [0.5, 0.6) is 0 Å². The van der Waals surface area contributed by atoms with Crippen LogP contribution in [0, 0.1) is 10.1 Å². The Morgan fingerprint density at radius 1 is 1.06 bits per heavy atom. The van der Waals surface area contributed by atoms with Crippen molar-refractivity contribution in [3.8, 4) is 5.69 Å². The Morgan fingerprint density at radius 2 is 1.77 bits per heavy atom. The van der Waals surface area contributed by atoms with Gasteiger partial charge in [0.05, 0.1) is 10.7 Å². The zero-order valence-electron chi connectivity index (χ0n) is 16.9. The molecule has 0 saturated heterocycles. The van der Waals surface area contributed by atoms with Crippen LogP contribution in [0.3, 0.4) is 0 Å². The number of hydrogen-bond acceptors (Lipinski definition) is 6. The maximum absolute atomic E-state index is 12.5. The molecule has 0 atom stereocenters. The lowest BCUT2D eigenvalue weighted by Crippen LogP contribution is -2.16. The van der Waals surface area contributed by atoms with Crippen molar-refractivity contribution in [1.82, 2.24) is 14.8 Å². The average Bonchev–Trinajstić information content (AvgIpc) is 3.23. The Labute approximate surface area is 184 Å². The first-order valence-electron chi connectivity index (χ1n) is 10.3. The van der Waals surface area contributed by atoms with E-state index in [1.54, 1.807) is 12.1 Å². The van der Waals surface area contributed by atoms with E-state index in [0.29, 0.717) is 11.1 Å². The normalized spacial score (nSPS) is 14.3. The number of rotatable bonds is 7. The quantitative estimate of drug-likeness (QED) is 0.319. The summed E-state index contributed by atoms with van der Waals surface area (Å²) in [7, 11) is 0. The highest BCUT2D eigenvalue weighted by Crippen LogP contribution is 2.35. The van der Waals surface area contributed by atoms with Crippen LogP contribution in [0.1, 0.15) is 43.8 Å². The highest BCUT2D eigenvalue weighted by Gasteiger charge is 2.25. The van der Waals surface area contributed by atoms with Crippen molar-refractivity contribution in [1.29, 1.82) is 0 Å². The topological polar surface area (TPSA) is 103 Å². The number of anilines is 1. The van der Waals surface area contributed by atoms with Gasteiger partial charge in [0, 0.05) is 17.7 Å². The van der Waals surface area contributed by atoms with Crippen molar-refractivity contribution >= 4 is 29.0 Å². The summed E-state index contributed by atoms with van der Waals surface area (Å²) >= 11 is 1.28. The van der Waals surface area contributed by atoms with Crippen LogP contribution in [0.2, 0.25) is 0 Å². The lowest BCUT2D eigenvalue weighted by molar-refractivity contribution is -0.383. The molecule has 9 heteroatoms. The molecule has 1 aromatic heterocycles. The molecule has 1 fully saturated rings. The van der Waals surface area contributed by atoms with Crippen molar-refractivity contribution in [2.24, 2.45) is 0 Å². The zero-order valence-corrected chi connectivity index (χ0v) is 17.8. The molecule has 160 valence electrons. The van der Waals surface area contributed by atoms with Crippen LogP contribution in [0.25, 0.3) is 5.69 Å². The molecule has 1 amide bonds. The molecule has 2 aromatic carbocycles. The second-order valence-corrected chi connectivity index (χ2v) is 8.40. The van der Waals surface area contributed by atoms with Gasteiger partial charge in [0.25, 0.3) is 5.69 Å². The number of carbonyl (C=O) groups is 1. The highest BCUT2D eigenvalue weighted by atomic mass is 32.2. The SMILES string of the molecule is O=C(CSc1nnc(C2CCCCC2)n1-c1ccccc1)Nc1ccccc1[N+](=O)[O-]. The largest absolute Gasteiger partial charge is 0.320 e. The number of benzene rings is 2. The number of aromatic nitrogens is 3. The number of nitrogens with zero attached hydrogens (tertiary/aromatic N) is 4. The van der Waals surface area contributed by atoms with Gasteiger partial charge < -0.3 is 5.32 Å². The number of thioether (sulfide) groups is 1. The van der Waals surface area contributed by atoms with E-state index in [2.05, 4.69) is 15.5 Å². The molecule has 1 N–H and O–H groups in total. The molecule has 0 spiro atoms. The average molecular weight is 438 g/mol. The van der Waals surface area contributed by atoms with E-state index < -0.39 is 4.92 Å². The fourth-order valence-electron chi connectivity index (χ4n) is 3.87. The number of amides is 1. The molecule has 0 unspecified atom stereocenters. The Hall–Kier alpha value is -3.20. The summed E-state index contributed by atoms with van der Waals surface area (Å²) in [4.78, 5) is 23.2. The number of para-hydroxylation sites is 3.